The maximum Gasteiger partial charge on any atom is 0.159 e. The second kappa shape index (κ2) is 8.74. The van der Waals surface area contributed by atoms with Crippen LogP contribution in [-0.2, 0) is 7.05 Å². The highest BCUT2D eigenvalue weighted by Crippen LogP contribution is 2.23. The van der Waals surface area contributed by atoms with Crippen LogP contribution in [0.2, 0.25) is 0 Å². The Hall–Kier alpha value is -3.39. The number of hydrogen-bond donors (Lipinski definition) is 3. The molecule has 1 saturated heterocycles. The summed E-state index contributed by atoms with van der Waals surface area (Å²) in [6.45, 7) is 2.05. The maximum absolute atomic E-state index is 7.74. The summed E-state index contributed by atoms with van der Waals surface area (Å²) >= 11 is 0. The van der Waals surface area contributed by atoms with E-state index in [1.54, 1.807) is 17.1 Å². The highest BCUT2D eigenvalue weighted by atomic mass is 15.4. The molecule has 0 bridgehead atoms. The topological polar surface area (TPSA) is 104 Å². The van der Waals surface area contributed by atoms with Crippen molar-refractivity contribution in [1.29, 1.82) is 5.41 Å². The van der Waals surface area contributed by atoms with Gasteiger partial charge in [-0.3, -0.25) is 4.68 Å². The van der Waals surface area contributed by atoms with Crippen LogP contribution in [-0.4, -0.2) is 50.3 Å². The Morgan fingerprint density at radius 1 is 1.21 bits per heavy atom. The minimum absolute atomic E-state index is 0.440. The van der Waals surface area contributed by atoms with Crippen LogP contribution in [0.25, 0.3) is 28.2 Å². The Labute approximate surface area is 169 Å². The second-order valence-electron chi connectivity index (χ2n) is 7.09. The summed E-state index contributed by atoms with van der Waals surface area (Å²) in [7, 11) is 1.84. The molecule has 0 radical (unpaired) electrons. The molecule has 0 aliphatic carbocycles. The molecular weight excluding hydrogens is 364 g/mol. The largest absolute Gasteiger partial charge is 0.388 e. The van der Waals surface area contributed by atoms with Crippen molar-refractivity contribution in [2.75, 3.05) is 13.1 Å². The van der Waals surface area contributed by atoms with E-state index in [0.717, 1.165) is 53.9 Å². The predicted molar refractivity (Wildman–Crippen MR) is 113 cm³/mol. The number of piperidine rings is 1. The van der Waals surface area contributed by atoms with E-state index >= 15 is 0 Å². The van der Waals surface area contributed by atoms with Crippen molar-refractivity contribution < 1.29 is 0 Å². The smallest absolute Gasteiger partial charge is 0.159 e. The number of hydrogen-bond acceptors (Lipinski definition) is 7. The van der Waals surface area contributed by atoms with Crippen LogP contribution >= 0.6 is 0 Å². The summed E-state index contributed by atoms with van der Waals surface area (Å²) < 4.78 is 1.68. The van der Waals surface area contributed by atoms with Crippen molar-refractivity contribution in [2.45, 2.75) is 18.9 Å². The maximum atomic E-state index is 7.74. The van der Waals surface area contributed by atoms with Gasteiger partial charge in [0.05, 0.1) is 6.20 Å². The van der Waals surface area contributed by atoms with Crippen LogP contribution in [0.15, 0.2) is 49.1 Å². The highest BCUT2D eigenvalue weighted by Gasteiger charge is 2.12. The summed E-state index contributed by atoms with van der Waals surface area (Å²) in [5.74, 6) is 0.634. The standard InChI is InChI=1S/C21H24N8/c1-29-14-20(27-28-29)15-3-2-4-16(9-15)21-25-12-18(13-26-21)17(10-22)11-24-19-5-7-23-8-6-19/h2-4,9-14,19,22-24H,5-8H2,1H3/b17-11+,22-10?. The summed E-state index contributed by atoms with van der Waals surface area (Å²) in [6.07, 6.45) is 10.8. The third-order valence-electron chi connectivity index (χ3n) is 4.97. The van der Waals surface area contributed by atoms with E-state index in [9.17, 15) is 0 Å². The van der Waals surface area contributed by atoms with Gasteiger partial charge in [-0.05, 0) is 32.0 Å². The van der Waals surface area contributed by atoms with Crippen LogP contribution in [0, 0.1) is 5.41 Å². The fourth-order valence-electron chi connectivity index (χ4n) is 3.33. The molecule has 1 aromatic carbocycles. The quantitative estimate of drug-likeness (QED) is 0.560. The van der Waals surface area contributed by atoms with Gasteiger partial charge in [-0.25, -0.2) is 9.97 Å². The van der Waals surface area contributed by atoms with Gasteiger partial charge in [0.2, 0.25) is 0 Å². The lowest BCUT2D eigenvalue weighted by Gasteiger charge is -2.23. The first-order valence-electron chi connectivity index (χ1n) is 9.70. The number of rotatable bonds is 6. The molecule has 1 aliphatic heterocycles. The van der Waals surface area contributed by atoms with Gasteiger partial charge in [-0.2, -0.15) is 0 Å². The van der Waals surface area contributed by atoms with Gasteiger partial charge in [-0.1, -0.05) is 23.4 Å². The van der Waals surface area contributed by atoms with Gasteiger partial charge >= 0.3 is 0 Å². The zero-order valence-corrected chi connectivity index (χ0v) is 16.3. The Bertz CT molecular complexity index is 1000. The fraction of sp³-hybridized carbons (Fsp3) is 0.286. The first kappa shape index (κ1) is 18.9. The third-order valence-corrected chi connectivity index (χ3v) is 4.97. The first-order valence-corrected chi connectivity index (χ1v) is 9.70. The van der Waals surface area contributed by atoms with Crippen LogP contribution in [0.1, 0.15) is 18.4 Å². The van der Waals surface area contributed by atoms with Gasteiger partial charge in [0.15, 0.2) is 5.82 Å². The van der Waals surface area contributed by atoms with E-state index in [4.69, 9.17) is 5.41 Å². The van der Waals surface area contributed by atoms with E-state index in [0.29, 0.717) is 11.9 Å². The number of nitrogens with zero attached hydrogens (tertiary/aromatic N) is 5. The SMILES string of the molecule is Cn1cc(-c2cccc(-c3ncc(/C(C=N)=C/NC4CCNCC4)cn3)c2)nn1. The minimum atomic E-state index is 0.440. The predicted octanol–water partition coefficient (Wildman–Crippen LogP) is 2.27. The molecule has 29 heavy (non-hydrogen) atoms. The molecule has 3 aromatic rings. The van der Waals surface area contributed by atoms with Gasteiger partial charge in [0, 0.05) is 60.2 Å². The van der Waals surface area contributed by atoms with E-state index in [2.05, 4.69) is 30.9 Å². The third kappa shape index (κ3) is 4.55. The van der Waals surface area contributed by atoms with Crippen LogP contribution in [0.4, 0.5) is 0 Å². The van der Waals surface area contributed by atoms with Gasteiger partial charge in [-0.15, -0.1) is 5.10 Å². The Balaban J connectivity index is 1.51. The zero-order valence-electron chi connectivity index (χ0n) is 16.3. The molecule has 8 heteroatoms. The molecule has 3 heterocycles. The lowest BCUT2D eigenvalue weighted by Crippen LogP contribution is -2.37. The van der Waals surface area contributed by atoms with Crippen molar-refractivity contribution in [2.24, 2.45) is 7.05 Å². The Morgan fingerprint density at radius 3 is 2.66 bits per heavy atom. The molecule has 4 rings (SSSR count). The average Bonchev–Trinajstić information content (AvgIpc) is 3.22. The number of aryl methyl sites for hydroxylation is 1. The van der Waals surface area contributed by atoms with E-state index in [-0.39, 0.29) is 0 Å². The molecule has 0 unspecified atom stereocenters. The molecule has 1 aliphatic rings. The van der Waals surface area contributed by atoms with Gasteiger partial charge in [0.1, 0.15) is 5.69 Å². The van der Waals surface area contributed by atoms with E-state index in [1.807, 2.05) is 43.7 Å². The van der Waals surface area contributed by atoms with Crippen molar-refractivity contribution in [1.82, 2.24) is 35.6 Å². The Morgan fingerprint density at radius 2 is 1.97 bits per heavy atom. The lowest BCUT2D eigenvalue weighted by atomic mass is 10.1. The van der Waals surface area contributed by atoms with Crippen molar-refractivity contribution >= 4 is 11.8 Å². The van der Waals surface area contributed by atoms with Crippen molar-refractivity contribution in [3.63, 3.8) is 0 Å². The second-order valence-corrected chi connectivity index (χ2v) is 7.09. The van der Waals surface area contributed by atoms with Crippen LogP contribution in [0.3, 0.4) is 0 Å². The Kier molecular flexibility index (Phi) is 5.71. The molecule has 1 fully saturated rings. The van der Waals surface area contributed by atoms with Crippen molar-refractivity contribution in [3.05, 3.63) is 54.6 Å². The summed E-state index contributed by atoms with van der Waals surface area (Å²) in [4.78, 5) is 9.04. The lowest BCUT2D eigenvalue weighted by molar-refractivity contribution is 0.420. The minimum Gasteiger partial charge on any atom is -0.388 e. The summed E-state index contributed by atoms with van der Waals surface area (Å²) in [5, 5.41) is 22.7. The molecule has 2 aromatic heterocycles. The van der Waals surface area contributed by atoms with Crippen LogP contribution < -0.4 is 10.6 Å². The van der Waals surface area contributed by atoms with Gasteiger partial charge < -0.3 is 16.0 Å². The number of aromatic nitrogens is 5. The summed E-state index contributed by atoms with van der Waals surface area (Å²) in [6, 6.07) is 8.37. The number of nitrogens with one attached hydrogen (secondary N) is 3. The van der Waals surface area contributed by atoms with Gasteiger partial charge in [0.25, 0.3) is 0 Å². The first-order chi connectivity index (χ1) is 14.2. The molecule has 0 saturated carbocycles. The number of allylic oxidation sites excluding steroid dienone is 1. The number of benzene rings is 1. The zero-order chi connectivity index (χ0) is 20.1. The highest BCUT2D eigenvalue weighted by molar-refractivity contribution is 6.07. The monoisotopic (exact) mass is 388 g/mol. The van der Waals surface area contributed by atoms with Crippen molar-refractivity contribution in [3.8, 4) is 22.6 Å². The molecular formula is C21H24N8. The van der Waals surface area contributed by atoms with E-state index < -0.39 is 0 Å². The molecule has 0 spiro atoms. The molecule has 0 atom stereocenters. The molecule has 148 valence electrons. The van der Waals surface area contributed by atoms with Crippen LogP contribution in [0.5, 0.6) is 0 Å². The molecule has 3 N–H and O–H groups in total. The molecule has 0 amide bonds. The molecule has 8 nitrogen and oxygen atoms in total. The normalized spacial score (nSPS) is 15.3. The summed E-state index contributed by atoms with van der Waals surface area (Å²) in [5.41, 5.74) is 4.27. The van der Waals surface area contributed by atoms with E-state index in [1.165, 1.54) is 6.21 Å². The fourth-order valence-corrected chi connectivity index (χ4v) is 3.33. The average molecular weight is 388 g/mol.